The number of carbonyl (C=O) groups excluding carboxylic acids is 2. The van der Waals surface area contributed by atoms with Crippen LogP contribution < -0.4 is 25.1 Å². The van der Waals surface area contributed by atoms with Crippen LogP contribution in [0.1, 0.15) is 104 Å². The largest absolute Gasteiger partial charge is 0.496 e. The highest BCUT2D eigenvalue weighted by Gasteiger charge is 2.52. The van der Waals surface area contributed by atoms with E-state index in [1.807, 2.05) is 99.9 Å². The maximum absolute atomic E-state index is 12.4. The van der Waals surface area contributed by atoms with Gasteiger partial charge in [-0.25, -0.2) is 33.6 Å². The van der Waals surface area contributed by atoms with Gasteiger partial charge in [-0.2, -0.15) is 10.2 Å². The van der Waals surface area contributed by atoms with Crippen LogP contribution in [0.3, 0.4) is 0 Å². The van der Waals surface area contributed by atoms with E-state index in [4.69, 9.17) is 28.8 Å². The minimum absolute atomic E-state index is 0. The number of nitrogens with zero attached hydrogens (tertiary/aromatic N) is 16. The second-order valence-corrected chi connectivity index (χ2v) is 26.6. The Hall–Kier alpha value is -6.34. The van der Waals surface area contributed by atoms with Crippen molar-refractivity contribution in [1.82, 2.24) is 58.8 Å². The van der Waals surface area contributed by atoms with Crippen molar-refractivity contribution in [2.45, 2.75) is 139 Å². The zero-order valence-corrected chi connectivity index (χ0v) is 53.5. The predicted octanol–water partition coefficient (Wildman–Crippen LogP) is 8.48. The molecule has 24 heteroatoms. The van der Waals surface area contributed by atoms with Crippen molar-refractivity contribution in [3.63, 3.8) is 0 Å². The number of aromatic nitrogens is 8. The summed E-state index contributed by atoms with van der Waals surface area (Å²) in [5, 5.41) is 9.00. The Labute approximate surface area is 512 Å². The number of hydrogen-bond donors (Lipinski definition) is 0. The number of hydrogen-bond acceptors (Lipinski definition) is 18. The highest BCUT2D eigenvalue weighted by Crippen LogP contribution is 2.37. The van der Waals surface area contributed by atoms with Crippen LogP contribution in [0.15, 0.2) is 78.4 Å². The molecule has 6 aromatic rings. The van der Waals surface area contributed by atoms with Gasteiger partial charge in [-0.05, 0) is 137 Å². The number of ether oxygens (including phenoxy) is 2. The van der Waals surface area contributed by atoms with E-state index in [-0.39, 0.29) is 30.8 Å². The quantitative estimate of drug-likeness (QED) is 0.132. The lowest BCUT2D eigenvalue weighted by Crippen LogP contribution is -2.50. The minimum atomic E-state index is -0.488. The average molecular weight is 1240 g/mol. The zero-order chi connectivity index (χ0) is 60.3. The van der Waals surface area contributed by atoms with Crippen LogP contribution in [0.4, 0.5) is 32.6 Å². The molecule has 5 aliphatic heterocycles. The lowest BCUT2D eigenvalue weighted by molar-refractivity contribution is 0.00578. The van der Waals surface area contributed by atoms with Crippen molar-refractivity contribution in [1.29, 1.82) is 0 Å². The summed E-state index contributed by atoms with van der Waals surface area (Å²) in [7, 11) is -0.427. The van der Waals surface area contributed by atoms with Gasteiger partial charge in [0.15, 0.2) is 0 Å². The maximum atomic E-state index is 12.4. The van der Waals surface area contributed by atoms with Crippen molar-refractivity contribution < 1.29 is 28.4 Å². The molecule has 6 aromatic heterocycles. The van der Waals surface area contributed by atoms with Gasteiger partial charge in [-0.15, -0.1) is 0 Å². The lowest BCUT2D eigenvalue weighted by atomic mass is 9.81. The van der Waals surface area contributed by atoms with Gasteiger partial charge >= 0.3 is 19.3 Å². The van der Waals surface area contributed by atoms with Crippen molar-refractivity contribution in [2.75, 3.05) is 124 Å². The predicted molar refractivity (Wildman–Crippen MR) is 341 cm³/mol. The number of piperazine rings is 4. The standard InChI is InChI=1S/C27H38N8O2.C22H33BN4O4.C11H17BrN4.CH4/c1-20(2)31-8-12-33(13-9-31)25-18-28-22(17-29-25)21-16-24-23(6-7-30-35(24)19-21)32-10-14-34(15-11-32)26(36)37-27(3,4)5;1-20(2,3)29-19(28)26-12-10-25(11-13-26)17-8-9-24-27-15-16(14-18(17)27)23-30-21(4,5)22(6,7)31-23;1-9(2)15-3-5-16(6-4-15)11-8-13-10(12)7-14-11;/h6-7,16-20H,8-15H2,1-5H3;8-9,14-15H,10-13H2,1-7H3;7-9H,3-6H2,1-2H3;1H4. The van der Waals surface area contributed by atoms with Crippen LogP contribution in [0, 0.1) is 0 Å². The molecular formula is C61H92BBrN16O6. The minimum Gasteiger partial charge on any atom is -0.444 e. The van der Waals surface area contributed by atoms with Gasteiger partial charge in [0, 0.05) is 153 Å². The third-order valence-electron chi connectivity index (χ3n) is 16.3. The summed E-state index contributed by atoms with van der Waals surface area (Å²) in [6.45, 7) is 42.3. The van der Waals surface area contributed by atoms with Gasteiger partial charge in [-0.1, -0.05) is 7.43 Å². The summed E-state index contributed by atoms with van der Waals surface area (Å²) >= 11 is 3.30. The van der Waals surface area contributed by atoms with E-state index < -0.39 is 18.3 Å². The van der Waals surface area contributed by atoms with Gasteiger partial charge in [0.25, 0.3) is 0 Å². The summed E-state index contributed by atoms with van der Waals surface area (Å²) in [6.07, 6.45) is 14.4. The molecule has 5 fully saturated rings. The molecule has 5 aliphatic rings. The molecule has 462 valence electrons. The van der Waals surface area contributed by atoms with E-state index in [1.165, 1.54) is 0 Å². The fourth-order valence-electron chi connectivity index (χ4n) is 10.8. The molecule has 85 heavy (non-hydrogen) atoms. The zero-order valence-electron chi connectivity index (χ0n) is 52.0. The topological polar surface area (TPSA) is 183 Å². The fraction of sp³-hybridized carbons (Fsp3) is 0.607. The molecule has 0 radical (unpaired) electrons. The number of halogens is 1. The second-order valence-electron chi connectivity index (χ2n) is 25.8. The third kappa shape index (κ3) is 16.0. The molecule has 0 saturated carbocycles. The highest BCUT2D eigenvalue weighted by molar-refractivity contribution is 9.10. The Morgan fingerprint density at radius 1 is 0.553 bits per heavy atom. The van der Waals surface area contributed by atoms with E-state index in [0.717, 1.165) is 134 Å². The van der Waals surface area contributed by atoms with Crippen molar-refractivity contribution in [2.24, 2.45) is 0 Å². The van der Waals surface area contributed by atoms with Gasteiger partial charge in [0.2, 0.25) is 0 Å². The highest BCUT2D eigenvalue weighted by atomic mass is 79.9. The molecule has 0 N–H and O–H groups in total. The van der Waals surface area contributed by atoms with Crippen LogP contribution in [0.25, 0.3) is 22.3 Å². The molecule has 5 saturated heterocycles. The summed E-state index contributed by atoms with van der Waals surface area (Å²) < 4.78 is 28.0. The van der Waals surface area contributed by atoms with Gasteiger partial charge in [0.1, 0.15) is 27.4 Å². The van der Waals surface area contributed by atoms with Crippen molar-refractivity contribution in [3.8, 4) is 11.3 Å². The fourth-order valence-corrected chi connectivity index (χ4v) is 11.0. The van der Waals surface area contributed by atoms with Crippen LogP contribution in [0.2, 0.25) is 0 Å². The first-order valence-corrected chi connectivity index (χ1v) is 30.5. The maximum Gasteiger partial charge on any atom is 0.496 e. The first kappa shape index (κ1) is 64.7. The van der Waals surface area contributed by atoms with E-state index in [1.54, 1.807) is 22.2 Å². The van der Waals surface area contributed by atoms with E-state index >= 15 is 0 Å². The second kappa shape index (κ2) is 26.7. The molecule has 0 bridgehead atoms. The van der Waals surface area contributed by atoms with Crippen molar-refractivity contribution >= 4 is 74.7 Å². The number of fused-ring (bicyclic) bond motifs is 2. The summed E-state index contributed by atoms with van der Waals surface area (Å²) in [5.41, 5.74) is 5.20. The molecule has 2 amide bonds. The van der Waals surface area contributed by atoms with E-state index in [0.29, 0.717) is 38.3 Å². The van der Waals surface area contributed by atoms with Crippen LogP contribution in [0.5, 0.6) is 0 Å². The lowest BCUT2D eigenvalue weighted by Gasteiger charge is -2.37. The normalized spacial score (nSPS) is 18.8. The molecule has 0 aliphatic carbocycles. The number of anilines is 4. The SMILES string of the molecule is C.CC(C)(C)OC(=O)N1CCN(c2ccnn3cc(B4OC(C)(C)C(C)(C)O4)cc23)CC1.CC(C)N1CCN(c2cnc(-c3cc4c(N5CCN(C(=O)OC(C)(C)C)CC5)ccnn4c3)cn2)CC1.CC(C)N1CCN(c2cnc(Br)cn2)CC1. The third-order valence-corrected chi connectivity index (χ3v) is 16.8. The number of amides is 2. The number of rotatable bonds is 8. The Morgan fingerprint density at radius 2 is 0.965 bits per heavy atom. The van der Waals surface area contributed by atoms with E-state index in [2.05, 4.69) is 133 Å². The Balaban J connectivity index is 0.000000177. The van der Waals surface area contributed by atoms with Crippen molar-refractivity contribution in [3.05, 3.63) is 78.4 Å². The van der Waals surface area contributed by atoms with Crippen LogP contribution in [-0.4, -0.2) is 217 Å². The summed E-state index contributed by atoms with van der Waals surface area (Å²) in [6, 6.07) is 9.48. The van der Waals surface area contributed by atoms with Crippen LogP contribution >= 0.6 is 15.9 Å². The Bertz CT molecular complexity index is 3130. The molecule has 0 spiro atoms. The Kier molecular flexibility index (Phi) is 20.3. The van der Waals surface area contributed by atoms with E-state index in [9.17, 15) is 9.59 Å². The molecule has 11 heterocycles. The summed E-state index contributed by atoms with van der Waals surface area (Å²) in [4.78, 5) is 60.6. The first-order chi connectivity index (χ1) is 39.7. The van der Waals surface area contributed by atoms with Gasteiger partial charge in [-0.3, -0.25) is 14.8 Å². The molecule has 11 rings (SSSR count). The molecular weight excluding hydrogens is 1140 g/mol. The molecule has 0 unspecified atom stereocenters. The Morgan fingerprint density at radius 3 is 1.36 bits per heavy atom. The smallest absolute Gasteiger partial charge is 0.444 e. The number of carbonyl (C=O) groups is 2. The van der Waals surface area contributed by atoms with Crippen LogP contribution in [-0.2, 0) is 18.8 Å². The molecule has 0 atom stereocenters. The molecule has 0 aromatic carbocycles. The van der Waals surface area contributed by atoms with Gasteiger partial charge in [0.05, 0.1) is 64.1 Å². The first-order valence-electron chi connectivity index (χ1n) is 29.7. The average Bonchev–Trinajstić information content (AvgIpc) is 1.76. The monoisotopic (exact) mass is 1230 g/mol. The molecule has 22 nitrogen and oxygen atoms in total. The summed E-state index contributed by atoms with van der Waals surface area (Å²) in [5.74, 6) is 1.91. The van der Waals surface area contributed by atoms with Gasteiger partial charge < -0.3 is 48.2 Å².